The Morgan fingerprint density at radius 2 is 2.00 bits per heavy atom. The Morgan fingerprint density at radius 1 is 1.21 bits per heavy atom. The zero-order valence-corrected chi connectivity index (χ0v) is 18.6. The zero-order chi connectivity index (χ0) is 21.0. The first kappa shape index (κ1) is 21.0. The third kappa shape index (κ3) is 4.85. The minimum Gasteiger partial charge on any atom is -0.493 e. The Morgan fingerprint density at radius 3 is 2.69 bits per heavy atom. The fraction of sp³-hybridized carbons (Fsp3) is 0.318. The van der Waals surface area contributed by atoms with Crippen molar-refractivity contribution in [2.45, 2.75) is 39.7 Å². The molecule has 0 saturated heterocycles. The van der Waals surface area contributed by atoms with Crippen LogP contribution < -0.4 is 15.0 Å². The van der Waals surface area contributed by atoms with Crippen LogP contribution in [0.25, 0.3) is 10.9 Å². The van der Waals surface area contributed by atoms with E-state index < -0.39 is 0 Å². The first-order valence-corrected chi connectivity index (χ1v) is 10.3. The minimum absolute atomic E-state index is 0.0431. The van der Waals surface area contributed by atoms with Crippen molar-refractivity contribution in [2.75, 3.05) is 7.11 Å². The van der Waals surface area contributed by atoms with Gasteiger partial charge >= 0.3 is 0 Å². The van der Waals surface area contributed by atoms with Gasteiger partial charge in [0.15, 0.2) is 11.5 Å². The summed E-state index contributed by atoms with van der Waals surface area (Å²) in [5, 5.41) is 4.97. The van der Waals surface area contributed by atoms with Gasteiger partial charge < -0.3 is 9.47 Å². The zero-order valence-electron chi connectivity index (χ0n) is 17.0. The minimum atomic E-state index is -0.192. The van der Waals surface area contributed by atoms with Crippen molar-refractivity contribution < 1.29 is 9.47 Å². The van der Waals surface area contributed by atoms with Gasteiger partial charge in [-0.3, -0.25) is 4.79 Å². The fourth-order valence-electron chi connectivity index (χ4n) is 2.94. The van der Waals surface area contributed by atoms with E-state index in [2.05, 4.69) is 26.0 Å². The van der Waals surface area contributed by atoms with Crippen molar-refractivity contribution in [3.05, 3.63) is 62.6 Å². The highest BCUT2D eigenvalue weighted by atomic mass is 79.9. The third-order valence-electron chi connectivity index (χ3n) is 4.22. The van der Waals surface area contributed by atoms with E-state index in [0.29, 0.717) is 34.6 Å². The quantitative estimate of drug-likeness (QED) is 0.478. The lowest BCUT2D eigenvalue weighted by molar-refractivity contribution is 0.230. The van der Waals surface area contributed by atoms with Crippen LogP contribution in [0.4, 0.5) is 0 Å². The molecule has 0 saturated carbocycles. The van der Waals surface area contributed by atoms with Gasteiger partial charge in [0.1, 0.15) is 5.82 Å². The molecule has 6 nitrogen and oxygen atoms in total. The largest absolute Gasteiger partial charge is 0.493 e. The predicted octanol–water partition coefficient (Wildman–Crippen LogP) is 4.79. The highest BCUT2D eigenvalue weighted by Crippen LogP contribution is 2.28. The molecule has 1 heterocycles. The molecule has 0 atom stereocenters. The van der Waals surface area contributed by atoms with E-state index in [9.17, 15) is 4.79 Å². The molecule has 0 spiro atoms. The molecule has 152 valence electrons. The van der Waals surface area contributed by atoms with Crippen LogP contribution in [0.3, 0.4) is 0 Å². The van der Waals surface area contributed by atoms with E-state index in [1.165, 1.54) is 4.68 Å². The van der Waals surface area contributed by atoms with Crippen LogP contribution >= 0.6 is 15.9 Å². The second kappa shape index (κ2) is 9.22. The molecule has 0 aliphatic heterocycles. The molecule has 29 heavy (non-hydrogen) atoms. The van der Waals surface area contributed by atoms with Gasteiger partial charge in [0.05, 0.1) is 30.3 Å². The molecule has 0 radical (unpaired) electrons. The fourth-order valence-corrected chi connectivity index (χ4v) is 3.30. The van der Waals surface area contributed by atoms with E-state index in [1.807, 2.05) is 51.1 Å². The summed E-state index contributed by atoms with van der Waals surface area (Å²) in [6, 6.07) is 11.0. The Balaban J connectivity index is 2.04. The van der Waals surface area contributed by atoms with Gasteiger partial charge in [-0.05, 0) is 62.2 Å². The number of ether oxygens (including phenoxy) is 2. The van der Waals surface area contributed by atoms with Gasteiger partial charge in [0.25, 0.3) is 5.56 Å². The molecule has 1 aromatic heterocycles. The van der Waals surface area contributed by atoms with Crippen molar-refractivity contribution in [1.29, 1.82) is 0 Å². The van der Waals surface area contributed by atoms with Crippen LogP contribution in [0, 0.1) is 0 Å². The van der Waals surface area contributed by atoms with Crippen molar-refractivity contribution in [1.82, 2.24) is 9.66 Å². The Kier molecular flexibility index (Phi) is 6.69. The van der Waals surface area contributed by atoms with Crippen LogP contribution in [-0.2, 0) is 6.42 Å². The lowest BCUT2D eigenvalue weighted by atomic mass is 10.2. The van der Waals surface area contributed by atoms with Gasteiger partial charge in [-0.25, -0.2) is 4.98 Å². The number of rotatable bonds is 7. The molecule has 3 aromatic rings. The summed E-state index contributed by atoms with van der Waals surface area (Å²) < 4.78 is 13.4. The number of hydrogen-bond acceptors (Lipinski definition) is 5. The normalized spacial score (nSPS) is 11.5. The van der Waals surface area contributed by atoms with Crippen molar-refractivity contribution >= 4 is 33.0 Å². The molecule has 0 N–H and O–H groups in total. The summed E-state index contributed by atoms with van der Waals surface area (Å²) in [5.74, 6) is 1.92. The molecule has 7 heteroatoms. The molecular weight excluding hydrogens is 434 g/mol. The predicted molar refractivity (Wildman–Crippen MR) is 119 cm³/mol. The first-order valence-electron chi connectivity index (χ1n) is 9.53. The van der Waals surface area contributed by atoms with Crippen LogP contribution in [0.2, 0.25) is 0 Å². The highest BCUT2D eigenvalue weighted by molar-refractivity contribution is 9.10. The number of fused-ring (bicyclic) bond motifs is 1. The molecule has 3 rings (SSSR count). The van der Waals surface area contributed by atoms with E-state index in [4.69, 9.17) is 9.47 Å². The highest BCUT2D eigenvalue weighted by Gasteiger charge is 2.11. The van der Waals surface area contributed by atoms with Gasteiger partial charge in [0.2, 0.25) is 0 Å². The van der Waals surface area contributed by atoms with Gasteiger partial charge in [-0.2, -0.15) is 9.78 Å². The Hall–Kier alpha value is -2.67. The smallest absolute Gasteiger partial charge is 0.282 e. The summed E-state index contributed by atoms with van der Waals surface area (Å²) in [6.07, 6.45) is 3.19. The number of nitrogens with zero attached hydrogens (tertiary/aromatic N) is 3. The first-order chi connectivity index (χ1) is 13.9. The lowest BCUT2D eigenvalue weighted by Gasteiger charge is -2.13. The number of benzene rings is 2. The molecule has 2 aromatic carbocycles. The van der Waals surface area contributed by atoms with Crippen molar-refractivity contribution in [2.24, 2.45) is 5.10 Å². The SMILES string of the molecule is CCCc1nc2ccc(Br)cc2c(=O)n1N=Cc1ccc(OC(C)C)c(OC)c1. The van der Waals surface area contributed by atoms with E-state index in [-0.39, 0.29) is 11.7 Å². The maximum Gasteiger partial charge on any atom is 0.282 e. The molecule has 0 amide bonds. The van der Waals surface area contributed by atoms with E-state index in [1.54, 1.807) is 19.4 Å². The maximum atomic E-state index is 13.0. The number of aryl methyl sites for hydroxylation is 1. The van der Waals surface area contributed by atoms with Gasteiger partial charge in [0, 0.05) is 10.9 Å². The number of hydrogen-bond donors (Lipinski definition) is 0. The lowest BCUT2D eigenvalue weighted by Crippen LogP contribution is -2.22. The third-order valence-corrected chi connectivity index (χ3v) is 4.71. The van der Waals surface area contributed by atoms with Crippen LogP contribution in [0.1, 0.15) is 38.6 Å². The van der Waals surface area contributed by atoms with Crippen LogP contribution in [-0.4, -0.2) is 29.1 Å². The number of aromatic nitrogens is 2. The summed E-state index contributed by atoms with van der Waals surface area (Å²) >= 11 is 3.42. The van der Waals surface area contributed by atoms with Crippen LogP contribution in [0.15, 0.2) is 50.8 Å². The Labute approximate surface area is 178 Å². The summed E-state index contributed by atoms with van der Waals surface area (Å²) in [4.78, 5) is 17.7. The van der Waals surface area contributed by atoms with Crippen LogP contribution in [0.5, 0.6) is 11.5 Å². The number of methoxy groups -OCH3 is 1. The average molecular weight is 458 g/mol. The van der Waals surface area contributed by atoms with E-state index in [0.717, 1.165) is 16.5 Å². The molecule has 0 aliphatic rings. The maximum absolute atomic E-state index is 13.0. The second-order valence-electron chi connectivity index (χ2n) is 6.88. The second-order valence-corrected chi connectivity index (χ2v) is 7.79. The average Bonchev–Trinajstić information content (AvgIpc) is 2.69. The van der Waals surface area contributed by atoms with Gasteiger partial charge in [-0.15, -0.1) is 0 Å². The molecular formula is C22H24BrN3O3. The molecule has 0 bridgehead atoms. The summed E-state index contributed by atoms with van der Waals surface area (Å²) in [7, 11) is 1.60. The Bertz CT molecular complexity index is 1110. The summed E-state index contributed by atoms with van der Waals surface area (Å²) in [5.41, 5.74) is 1.27. The van der Waals surface area contributed by atoms with Gasteiger partial charge in [-0.1, -0.05) is 22.9 Å². The van der Waals surface area contributed by atoms with E-state index >= 15 is 0 Å². The standard InChI is InChI=1S/C22H24BrN3O3/c1-5-6-21-25-18-9-8-16(23)12-17(18)22(27)26(21)24-13-15-7-10-19(29-14(2)3)20(11-15)28-4/h7-14H,5-6H2,1-4H3. The molecule has 0 aliphatic carbocycles. The summed E-state index contributed by atoms with van der Waals surface area (Å²) in [6.45, 7) is 5.97. The molecule has 0 fully saturated rings. The van der Waals surface area contributed by atoms with Crippen molar-refractivity contribution in [3.63, 3.8) is 0 Å². The monoisotopic (exact) mass is 457 g/mol. The topological polar surface area (TPSA) is 65.7 Å². The molecule has 0 unspecified atom stereocenters. The van der Waals surface area contributed by atoms with Crippen molar-refractivity contribution in [3.8, 4) is 11.5 Å². The number of halogens is 1.